The third-order valence-electron chi connectivity index (χ3n) is 5.00. The van der Waals surface area contributed by atoms with Gasteiger partial charge < -0.3 is 14.4 Å². The summed E-state index contributed by atoms with van der Waals surface area (Å²) in [4.78, 5) is 4.49. The number of ether oxygens (including phenoxy) is 1. The topological polar surface area (TPSA) is 84.7 Å². The summed E-state index contributed by atoms with van der Waals surface area (Å²) in [5.74, 6) is 0.617. The lowest BCUT2D eigenvalue weighted by Crippen LogP contribution is -2.39. The Balaban J connectivity index is 0.00000289. The number of imidazole rings is 1. The molecule has 1 heterocycles. The molecule has 4 aromatic rings. The molecule has 0 aliphatic heterocycles. The first kappa shape index (κ1) is 23.6. The molecule has 0 fully saturated rings. The molecular weight excluding hydrogens is 450 g/mol. The summed E-state index contributed by atoms with van der Waals surface area (Å²) in [7, 11) is -2.33. The molecule has 0 saturated carbocycles. The number of anilines is 1. The normalized spacial score (nSPS) is 12.2. The molecule has 0 amide bonds. The molecular formula is C23H24ClN3O4S. The fraction of sp³-hybridized carbons (Fsp3) is 0.174. The lowest BCUT2D eigenvalue weighted by Gasteiger charge is -2.27. The van der Waals surface area contributed by atoms with Gasteiger partial charge in [-0.1, -0.05) is 30.3 Å². The summed E-state index contributed by atoms with van der Waals surface area (Å²) in [5, 5.41) is 10.8. The number of hydrogen-bond donors (Lipinski definition) is 1. The van der Waals surface area contributed by atoms with Crippen LogP contribution in [0.25, 0.3) is 11.0 Å². The lowest BCUT2D eigenvalue weighted by molar-refractivity contribution is 0.164. The summed E-state index contributed by atoms with van der Waals surface area (Å²) >= 11 is 0. The first-order chi connectivity index (χ1) is 15.0. The van der Waals surface area contributed by atoms with Gasteiger partial charge in [0.05, 0.1) is 54.2 Å². The zero-order chi connectivity index (χ0) is 21.8. The second kappa shape index (κ2) is 10.0. The Bertz CT molecular complexity index is 1260. The molecule has 0 bridgehead atoms. The highest BCUT2D eigenvalue weighted by molar-refractivity contribution is 7.92. The van der Waals surface area contributed by atoms with Gasteiger partial charge in [-0.25, -0.2) is 13.4 Å². The Morgan fingerprint density at radius 1 is 1.00 bits per heavy atom. The molecule has 0 aliphatic carbocycles. The van der Waals surface area contributed by atoms with Crippen molar-refractivity contribution in [1.29, 1.82) is 0 Å². The van der Waals surface area contributed by atoms with E-state index in [2.05, 4.69) is 4.98 Å². The third-order valence-corrected chi connectivity index (χ3v) is 6.81. The Labute approximate surface area is 193 Å². The molecule has 1 aromatic heterocycles. The van der Waals surface area contributed by atoms with E-state index in [0.29, 0.717) is 11.4 Å². The molecule has 4 rings (SSSR count). The number of benzene rings is 3. The van der Waals surface area contributed by atoms with Gasteiger partial charge in [0, 0.05) is 0 Å². The minimum absolute atomic E-state index is 0. The van der Waals surface area contributed by atoms with Crippen LogP contribution in [0.1, 0.15) is 0 Å². The largest absolute Gasteiger partial charge is 0.497 e. The maximum atomic E-state index is 13.4. The van der Waals surface area contributed by atoms with Gasteiger partial charge in [0.1, 0.15) is 5.75 Å². The number of nitrogens with zero attached hydrogens (tertiary/aromatic N) is 3. The molecule has 7 nitrogen and oxygen atoms in total. The minimum atomic E-state index is -3.88. The Kier molecular flexibility index (Phi) is 7.40. The van der Waals surface area contributed by atoms with E-state index in [9.17, 15) is 13.5 Å². The maximum absolute atomic E-state index is 13.4. The van der Waals surface area contributed by atoms with E-state index in [4.69, 9.17) is 4.74 Å². The number of methoxy groups -OCH3 is 1. The van der Waals surface area contributed by atoms with Crippen LogP contribution in [-0.2, 0) is 16.6 Å². The first-order valence-electron chi connectivity index (χ1n) is 9.79. The van der Waals surface area contributed by atoms with Crippen LogP contribution in [0, 0.1) is 0 Å². The van der Waals surface area contributed by atoms with Gasteiger partial charge in [-0.2, -0.15) is 0 Å². The molecule has 0 spiro atoms. The van der Waals surface area contributed by atoms with Crippen LogP contribution in [0.15, 0.2) is 90.1 Å². The van der Waals surface area contributed by atoms with Crippen LogP contribution in [0.3, 0.4) is 0 Å². The van der Waals surface area contributed by atoms with Crippen molar-refractivity contribution < 1.29 is 18.3 Å². The SMILES string of the molecule is COc1ccc(N(CC(O)Cn2cnc3ccccc32)S(=O)(=O)c2ccccc2)cc1.Cl. The number of aromatic nitrogens is 2. The number of rotatable bonds is 8. The molecule has 1 unspecified atom stereocenters. The highest BCUT2D eigenvalue weighted by Gasteiger charge is 2.27. The van der Waals surface area contributed by atoms with Crippen LogP contribution in [-0.4, -0.2) is 42.8 Å². The summed E-state index contributed by atoms with van der Waals surface area (Å²) in [6, 6.07) is 22.5. The Hall–Kier alpha value is -3.07. The quantitative estimate of drug-likeness (QED) is 0.421. The number of aliphatic hydroxyl groups is 1. The number of aliphatic hydroxyl groups excluding tert-OH is 1. The summed E-state index contributed by atoms with van der Waals surface area (Å²) in [6.07, 6.45) is 0.690. The van der Waals surface area contributed by atoms with Crippen molar-refractivity contribution in [3.8, 4) is 5.75 Å². The van der Waals surface area contributed by atoms with E-state index in [-0.39, 0.29) is 30.4 Å². The van der Waals surface area contributed by atoms with Gasteiger partial charge in [-0.15, -0.1) is 12.4 Å². The molecule has 1 atom stereocenters. The Morgan fingerprint density at radius 3 is 2.34 bits per heavy atom. The summed E-state index contributed by atoms with van der Waals surface area (Å²) < 4.78 is 35.0. The van der Waals surface area contributed by atoms with Crippen LogP contribution in [0.5, 0.6) is 5.75 Å². The zero-order valence-corrected chi connectivity index (χ0v) is 19.0. The average Bonchev–Trinajstić information content (AvgIpc) is 3.21. The van der Waals surface area contributed by atoms with Gasteiger partial charge >= 0.3 is 0 Å². The highest BCUT2D eigenvalue weighted by atomic mass is 35.5. The zero-order valence-electron chi connectivity index (χ0n) is 17.4. The summed E-state index contributed by atoms with van der Waals surface area (Å²) in [6.45, 7) is 0.0908. The predicted octanol–water partition coefficient (Wildman–Crippen LogP) is 3.72. The van der Waals surface area contributed by atoms with Crippen molar-refractivity contribution in [3.05, 3.63) is 85.2 Å². The molecule has 1 N–H and O–H groups in total. The maximum Gasteiger partial charge on any atom is 0.264 e. The molecule has 0 saturated heterocycles. The fourth-order valence-corrected chi connectivity index (χ4v) is 4.97. The van der Waals surface area contributed by atoms with Crippen molar-refractivity contribution in [2.75, 3.05) is 18.0 Å². The second-order valence-electron chi connectivity index (χ2n) is 7.09. The van der Waals surface area contributed by atoms with Gasteiger partial charge in [0.15, 0.2) is 0 Å². The molecule has 3 aromatic carbocycles. The first-order valence-corrected chi connectivity index (χ1v) is 11.2. The van der Waals surface area contributed by atoms with Crippen molar-refractivity contribution >= 4 is 39.2 Å². The summed E-state index contributed by atoms with van der Waals surface area (Å²) in [5.41, 5.74) is 2.14. The van der Waals surface area contributed by atoms with Gasteiger partial charge in [-0.05, 0) is 48.5 Å². The van der Waals surface area contributed by atoms with Crippen LogP contribution in [0.2, 0.25) is 0 Å². The van der Waals surface area contributed by atoms with Crippen LogP contribution >= 0.6 is 12.4 Å². The number of halogens is 1. The Morgan fingerprint density at radius 2 is 1.66 bits per heavy atom. The molecule has 9 heteroatoms. The number of para-hydroxylation sites is 2. The standard InChI is InChI=1S/C23H23N3O4S.ClH/c1-30-20-13-11-18(12-14-20)26(31(28,29)21-7-3-2-4-8-21)16-19(27)15-25-17-24-22-9-5-6-10-23(22)25;/h2-14,17,19,27H,15-16H2,1H3;1H. The van der Waals surface area contributed by atoms with E-state index in [1.54, 1.807) is 68.0 Å². The van der Waals surface area contributed by atoms with E-state index in [1.165, 1.54) is 4.31 Å². The van der Waals surface area contributed by atoms with Crippen molar-refractivity contribution in [2.24, 2.45) is 0 Å². The minimum Gasteiger partial charge on any atom is -0.497 e. The van der Waals surface area contributed by atoms with Crippen LogP contribution in [0.4, 0.5) is 5.69 Å². The predicted molar refractivity (Wildman–Crippen MR) is 127 cm³/mol. The second-order valence-corrected chi connectivity index (χ2v) is 8.95. The van der Waals surface area contributed by atoms with Crippen LogP contribution < -0.4 is 9.04 Å². The molecule has 168 valence electrons. The lowest BCUT2D eigenvalue weighted by atomic mass is 10.2. The number of fused-ring (bicyclic) bond motifs is 1. The number of sulfonamides is 1. The highest BCUT2D eigenvalue weighted by Crippen LogP contribution is 2.26. The average molecular weight is 474 g/mol. The van der Waals surface area contributed by atoms with E-state index >= 15 is 0 Å². The van der Waals surface area contributed by atoms with Crippen molar-refractivity contribution in [1.82, 2.24) is 9.55 Å². The van der Waals surface area contributed by atoms with E-state index in [1.807, 2.05) is 28.8 Å². The molecule has 32 heavy (non-hydrogen) atoms. The third kappa shape index (κ3) is 4.88. The smallest absolute Gasteiger partial charge is 0.264 e. The number of hydrogen-bond acceptors (Lipinski definition) is 5. The molecule has 0 radical (unpaired) electrons. The fourth-order valence-electron chi connectivity index (χ4n) is 3.44. The van der Waals surface area contributed by atoms with Crippen molar-refractivity contribution in [3.63, 3.8) is 0 Å². The van der Waals surface area contributed by atoms with Crippen molar-refractivity contribution in [2.45, 2.75) is 17.5 Å². The van der Waals surface area contributed by atoms with E-state index < -0.39 is 16.1 Å². The van der Waals surface area contributed by atoms with E-state index in [0.717, 1.165) is 11.0 Å². The van der Waals surface area contributed by atoms with Gasteiger partial charge in [0.2, 0.25) is 0 Å². The van der Waals surface area contributed by atoms with Gasteiger partial charge in [0.25, 0.3) is 10.0 Å². The monoisotopic (exact) mass is 473 g/mol. The van der Waals surface area contributed by atoms with Gasteiger partial charge in [-0.3, -0.25) is 4.31 Å². The molecule has 0 aliphatic rings.